The Morgan fingerprint density at radius 1 is 1.07 bits per heavy atom. The highest BCUT2D eigenvalue weighted by Gasteiger charge is 2.38. The molecule has 0 radical (unpaired) electrons. The lowest BCUT2D eigenvalue weighted by Gasteiger charge is -2.32. The minimum absolute atomic E-state index is 0.0505. The molecule has 0 bridgehead atoms. The Balaban J connectivity index is 1.34. The lowest BCUT2D eigenvalue weighted by molar-refractivity contribution is -0.138. The summed E-state index contributed by atoms with van der Waals surface area (Å²) in [6.07, 6.45) is 3.13. The van der Waals surface area contributed by atoms with Gasteiger partial charge < -0.3 is 10.2 Å². The van der Waals surface area contributed by atoms with Crippen LogP contribution in [0.15, 0.2) is 47.3 Å². The molecule has 1 aliphatic heterocycles. The molecule has 7 heteroatoms. The quantitative estimate of drug-likeness (QED) is 0.822. The summed E-state index contributed by atoms with van der Waals surface area (Å²) >= 11 is 0. The number of aromatic nitrogens is 2. The molecule has 0 unspecified atom stereocenters. The number of nitrogens with one attached hydrogen (secondary N) is 1. The van der Waals surface area contributed by atoms with Crippen LogP contribution in [-0.2, 0) is 16.1 Å². The SMILES string of the molecule is O=C(NCCn1nc(-c2ccccc2)ccc1=O)[C@@H]1CCC(=O)N(C2CC2)C1. The van der Waals surface area contributed by atoms with Gasteiger partial charge in [-0.25, -0.2) is 4.68 Å². The summed E-state index contributed by atoms with van der Waals surface area (Å²) in [5.41, 5.74) is 1.46. The Morgan fingerprint density at radius 3 is 2.61 bits per heavy atom. The first kappa shape index (κ1) is 18.4. The van der Waals surface area contributed by atoms with E-state index in [-0.39, 0.29) is 23.3 Å². The van der Waals surface area contributed by atoms with E-state index in [4.69, 9.17) is 0 Å². The van der Waals surface area contributed by atoms with Crippen molar-refractivity contribution in [1.82, 2.24) is 20.0 Å². The lowest BCUT2D eigenvalue weighted by atomic mass is 9.96. The third-order valence-corrected chi connectivity index (χ3v) is 5.36. The van der Waals surface area contributed by atoms with Gasteiger partial charge in [0.05, 0.1) is 18.2 Å². The molecule has 146 valence electrons. The minimum atomic E-state index is -0.197. The highest BCUT2D eigenvalue weighted by molar-refractivity contribution is 5.84. The standard InChI is InChI=1S/C21H24N4O3/c26-19-10-6-16(14-24(19)17-7-8-17)21(28)22-12-13-25-20(27)11-9-18(23-25)15-4-2-1-3-5-15/h1-5,9,11,16-17H,6-8,10,12-14H2,(H,22,28)/t16-/m1/s1. The summed E-state index contributed by atoms with van der Waals surface area (Å²) in [7, 11) is 0. The molecule has 1 atom stereocenters. The van der Waals surface area contributed by atoms with Crippen molar-refractivity contribution < 1.29 is 9.59 Å². The van der Waals surface area contributed by atoms with Crippen molar-refractivity contribution >= 4 is 11.8 Å². The zero-order valence-corrected chi connectivity index (χ0v) is 15.7. The highest BCUT2D eigenvalue weighted by Crippen LogP contribution is 2.31. The van der Waals surface area contributed by atoms with Gasteiger partial charge in [0.25, 0.3) is 5.56 Å². The summed E-state index contributed by atoms with van der Waals surface area (Å²) in [4.78, 5) is 38.4. The molecule has 4 rings (SSSR count). The first-order chi connectivity index (χ1) is 13.6. The van der Waals surface area contributed by atoms with Gasteiger partial charge in [-0.15, -0.1) is 0 Å². The molecule has 1 aromatic carbocycles. The molecule has 7 nitrogen and oxygen atoms in total. The maximum atomic E-state index is 12.5. The van der Waals surface area contributed by atoms with E-state index in [1.807, 2.05) is 35.2 Å². The molecule has 1 saturated heterocycles. The van der Waals surface area contributed by atoms with E-state index in [1.165, 1.54) is 10.7 Å². The largest absolute Gasteiger partial charge is 0.354 e. The number of likely N-dealkylation sites (tertiary alicyclic amines) is 1. The van der Waals surface area contributed by atoms with Crippen molar-refractivity contribution in [2.75, 3.05) is 13.1 Å². The Hall–Kier alpha value is -2.96. The molecular formula is C21H24N4O3. The summed E-state index contributed by atoms with van der Waals surface area (Å²) in [5.74, 6) is -0.0518. The van der Waals surface area contributed by atoms with Gasteiger partial charge in [0.1, 0.15) is 0 Å². The summed E-state index contributed by atoms with van der Waals surface area (Å²) < 4.78 is 1.38. The van der Waals surface area contributed by atoms with Crippen LogP contribution in [0, 0.1) is 5.92 Å². The van der Waals surface area contributed by atoms with Crippen LogP contribution in [-0.4, -0.2) is 45.6 Å². The zero-order valence-electron chi connectivity index (χ0n) is 15.7. The number of carbonyl (C=O) groups excluding carboxylic acids is 2. The van der Waals surface area contributed by atoms with E-state index in [0.717, 1.165) is 24.1 Å². The van der Waals surface area contributed by atoms with Crippen molar-refractivity contribution in [2.45, 2.75) is 38.3 Å². The van der Waals surface area contributed by atoms with Gasteiger partial charge in [0.15, 0.2) is 0 Å². The molecule has 2 aromatic rings. The number of carbonyl (C=O) groups is 2. The van der Waals surface area contributed by atoms with E-state index in [2.05, 4.69) is 10.4 Å². The Kier molecular flexibility index (Phi) is 5.23. The van der Waals surface area contributed by atoms with Crippen molar-refractivity contribution in [3.8, 4) is 11.3 Å². The molecule has 1 aliphatic carbocycles. The second kappa shape index (κ2) is 7.96. The number of hydrogen-bond donors (Lipinski definition) is 1. The zero-order chi connectivity index (χ0) is 19.5. The van der Waals surface area contributed by atoms with E-state index in [0.29, 0.717) is 38.5 Å². The molecule has 2 aliphatic rings. The summed E-state index contributed by atoms with van der Waals surface area (Å²) in [5, 5.41) is 7.31. The van der Waals surface area contributed by atoms with Gasteiger partial charge in [-0.1, -0.05) is 30.3 Å². The number of rotatable bonds is 6. The summed E-state index contributed by atoms with van der Waals surface area (Å²) in [6.45, 7) is 1.15. The number of piperidine rings is 1. The minimum Gasteiger partial charge on any atom is -0.354 e. The van der Waals surface area contributed by atoms with Crippen LogP contribution >= 0.6 is 0 Å². The molecule has 2 heterocycles. The van der Waals surface area contributed by atoms with Crippen LogP contribution in [0.5, 0.6) is 0 Å². The number of nitrogens with zero attached hydrogens (tertiary/aromatic N) is 3. The molecule has 28 heavy (non-hydrogen) atoms. The van der Waals surface area contributed by atoms with Gasteiger partial charge in [-0.2, -0.15) is 5.10 Å². The van der Waals surface area contributed by atoms with Crippen LogP contribution < -0.4 is 10.9 Å². The van der Waals surface area contributed by atoms with Gasteiger partial charge >= 0.3 is 0 Å². The average molecular weight is 380 g/mol. The fourth-order valence-corrected chi connectivity index (χ4v) is 3.63. The third kappa shape index (κ3) is 4.13. The van der Waals surface area contributed by atoms with Crippen LogP contribution in [0.1, 0.15) is 25.7 Å². The molecule has 1 saturated carbocycles. The fraction of sp³-hybridized carbons (Fsp3) is 0.429. The molecule has 2 fully saturated rings. The van der Waals surface area contributed by atoms with Crippen molar-refractivity contribution in [3.63, 3.8) is 0 Å². The first-order valence-electron chi connectivity index (χ1n) is 9.82. The lowest BCUT2D eigenvalue weighted by Crippen LogP contribution is -2.47. The fourth-order valence-electron chi connectivity index (χ4n) is 3.63. The topological polar surface area (TPSA) is 84.3 Å². The average Bonchev–Trinajstić information content (AvgIpc) is 3.55. The van der Waals surface area contributed by atoms with E-state index >= 15 is 0 Å². The van der Waals surface area contributed by atoms with E-state index < -0.39 is 0 Å². The van der Waals surface area contributed by atoms with Crippen LogP contribution in [0.3, 0.4) is 0 Å². The molecular weight excluding hydrogens is 356 g/mol. The van der Waals surface area contributed by atoms with Crippen molar-refractivity contribution in [2.24, 2.45) is 5.92 Å². The third-order valence-electron chi connectivity index (χ3n) is 5.36. The normalized spacial score (nSPS) is 19.5. The van der Waals surface area contributed by atoms with Gasteiger partial charge in [0, 0.05) is 37.2 Å². The van der Waals surface area contributed by atoms with E-state index in [1.54, 1.807) is 6.07 Å². The maximum absolute atomic E-state index is 12.5. The van der Waals surface area contributed by atoms with Crippen molar-refractivity contribution in [3.05, 3.63) is 52.8 Å². The molecule has 2 amide bonds. The predicted molar refractivity (Wildman–Crippen MR) is 104 cm³/mol. The van der Waals surface area contributed by atoms with Gasteiger partial charge in [0.2, 0.25) is 11.8 Å². The first-order valence-corrected chi connectivity index (χ1v) is 9.82. The highest BCUT2D eigenvalue weighted by atomic mass is 16.2. The smallest absolute Gasteiger partial charge is 0.266 e. The second-order valence-corrected chi connectivity index (χ2v) is 7.45. The Morgan fingerprint density at radius 2 is 1.86 bits per heavy atom. The second-order valence-electron chi connectivity index (χ2n) is 7.45. The number of hydrogen-bond acceptors (Lipinski definition) is 4. The predicted octanol–water partition coefficient (Wildman–Crippen LogP) is 1.43. The van der Waals surface area contributed by atoms with Crippen LogP contribution in [0.2, 0.25) is 0 Å². The van der Waals surface area contributed by atoms with Gasteiger partial charge in [-0.05, 0) is 25.3 Å². The number of amides is 2. The Bertz CT molecular complexity index is 921. The maximum Gasteiger partial charge on any atom is 0.266 e. The number of benzene rings is 1. The molecule has 0 spiro atoms. The monoisotopic (exact) mass is 380 g/mol. The van der Waals surface area contributed by atoms with Crippen LogP contribution in [0.4, 0.5) is 0 Å². The summed E-state index contributed by atoms with van der Waals surface area (Å²) in [6, 6.07) is 13.2. The van der Waals surface area contributed by atoms with Crippen molar-refractivity contribution in [1.29, 1.82) is 0 Å². The van der Waals surface area contributed by atoms with Gasteiger partial charge in [-0.3, -0.25) is 14.4 Å². The van der Waals surface area contributed by atoms with Crippen LogP contribution in [0.25, 0.3) is 11.3 Å². The Labute approximate surface area is 163 Å². The molecule has 1 aromatic heterocycles. The van der Waals surface area contributed by atoms with E-state index in [9.17, 15) is 14.4 Å². The molecule has 1 N–H and O–H groups in total.